The summed E-state index contributed by atoms with van der Waals surface area (Å²) in [6.07, 6.45) is 1.49. The Morgan fingerprint density at radius 3 is 2.24 bits per heavy atom. The minimum Gasteiger partial charge on any atom is -0.463 e. The van der Waals surface area contributed by atoms with Gasteiger partial charge in [0, 0.05) is 37.7 Å². The highest BCUT2D eigenvalue weighted by Crippen LogP contribution is 2.25. The third kappa shape index (κ3) is 12.3. The molecule has 254 valence electrons. The van der Waals surface area contributed by atoms with Gasteiger partial charge in [-0.05, 0) is 68.8 Å². The van der Waals surface area contributed by atoms with Gasteiger partial charge in [-0.3, -0.25) is 14.4 Å². The molecule has 1 aliphatic heterocycles. The Morgan fingerprint density at radius 2 is 1.59 bits per heavy atom. The zero-order chi connectivity index (χ0) is 33.3. The summed E-state index contributed by atoms with van der Waals surface area (Å²) in [6, 6.07) is 14.7. The first kappa shape index (κ1) is 36.9. The highest BCUT2D eigenvalue weighted by atomic mass is 16.7. The summed E-state index contributed by atoms with van der Waals surface area (Å²) in [5.41, 5.74) is 1.25. The average molecular weight is 643 g/mol. The summed E-state index contributed by atoms with van der Waals surface area (Å²) in [5.74, 6) is -0.259. The first-order valence-corrected chi connectivity index (χ1v) is 16.2. The summed E-state index contributed by atoms with van der Waals surface area (Å²) in [7, 11) is 0. The Morgan fingerprint density at radius 1 is 0.891 bits per heavy atom. The van der Waals surface area contributed by atoms with Crippen molar-refractivity contribution in [1.82, 2.24) is 15.5 Å². The third-order valence-corrected chi connectivity index (χ3v) is 7.85. The van der Waals surface area contributed by atoms with Crippen LogP contribution in [0.15, 0.2) is 54.6 Å². The van der Waals surface area contributed by atoms with E-state index in [4.69, 9.17) is 9.47 Å². The zero-order valence-electron chi connectivity index (χ0n) is 26.9. The maximum atomic E-state index is 12.8. The van der Waals surface area contributed by atoms with Crippen molar-refractivity contribution in [3.05, 3.63) is 60.2 Å². The van der Waals surface area contributed by atoms with Crippen LogP contribution in [0.3, 0.4) is 0 Å². The molecule has 3 rings (SSSR count). The lowest BCUT2D eigenvalue weighted by Crippen LogP contribution is -2.65. The standard InChI is InChI=1S/C34H50N4O8/c1-3-4-10-20-38(21-11-6-9-19-35-33(44)25-12-7-5-8-13-25)22-18-29(41)37-26-14-16-27(17-15-26)45-34-30(36-24(2)40)32(43)31(42)28(23-39)46-34/h5,7-8,12-17,28,30-32,34,39,42-43H,3-4,6,9-11,18-23H2,1-2H3,(H,35,44)(H,36,40)(H,37,41)/t28-,30+,31+,32-,34-/m1/s1. The lowest BCUT2D eigenvalue weighted by atomic mass is 9.97. The second-order valence-electron chi connectivity index (χ2n) is 11.6. The lowest BCUT2D eigenvalue weighted by molar-refractivity contribution is -0.244. The van der Waals surface area contributed by atoms with Gasteiger partial charge in [0.25, 0.3) is 5.91 Å². The number of anilines is 1. The third-order valence-electron chi connectivity index (χ3n) is 7.85. The summed E-state index contributed by atoms with van der Waals surface area (Å²) in [5, 5.41) is 38.6. The van der Waals surface area contributed by atoms with Crippen molar-refractivity contribution in [2.75, 3.05) is 38.1 Å². The van der Waals surface area contributed by atoms with Crippen LogP contribution in [0.2, 0.25) is 0 Å². The average Bonchev–Trinajstić information content (AvgIpc) is 3.05. The molecular weight excluding hydrogens is 592 g/mol. The number of unbranched alkanes of at least 4 members (excludes halogenated alkanes) is 4. The first-order chi connectivity index (χ1) is 22.2. The number of aliphatic hydroxyl groups excluding tert-OH is 3. The van der Waals surface area contributed by atoms with Crippen LogP contribution in [0.4, 0.5) is 5.69 Å². The minimum atomic E-state index is -1.41. The molecule has 3 amide bonds. The van der Waals surface area contributed by atoms with Gasteiger partial charge >= 0.3 is 0 Å². The monoisotopic (exact) mass is 642 g/mol. The van der Waals surface area contributed by atoms with Crippen molar-refractivity contribution >= 4 is 23.4 Å². The number of carbonyl (C=O) groups excluding carboxylic acids is 3. The number of aliphatic hydroxyl groups is 3. The largest absolute Gasteiger partial charge is 0.463 e. The van der Waals surface area contributed by atoms with Gasteiger partial charge in [0.05, 0.1) is 6.61 Å². The van der Waals surface area contributed by atoms with Crippen LogP contribution in [0.25, 0.3) is 0 Å². The maximum absolute atomic E-state index is 12.8. The van der Waals surface area contributed by atoms with E-state index in [2.05, 4.69) is 27.8 Å². The van der Waals surface area contributed by atoms with Crippen LogP contribution < -0.4 is 20.7 Å². The second-order valence-corrected chi connectivity index (χ2v) is 11.6. The van der Waals surface area contributed by atoms with E-state index in [0.29, 0.717) is 36.5 Å². The molecule has 46 heavy (non-hydrogen) atoms. The number of hydrogen-bond donors (Lipinski definition) is 6. The molecule has 2 aromatic carbocycles. The van der Waals surface area contributed by atoms with Crippen LogP contribution in [0, 0.1) is 0 Å². The molecule has 12 heteroatoms. The van der Waals surface area contributed by atoms with E-state index in [1.54, 1.807) is 36.4 Å². The molecule has 0 aliphatic carbocycles. The molecule has 1 fully saturated rings. The van der Waals surface area contributed by atoms with Crippen molar-refractivity contribution in [3.8, 4) is 5.75 Å². The van der Waals surface area contributed by atoms with E-state index < -0.39 is 43.2 Å². The molecule has 5 atom stereocenters. The maximum Gasteiger partial charge on any atom is 0.251 e. The molecule has 0 radical (unpaired) electrons. The van der Waals surface area contributed by atoms with Crippen LogP contribution in [0.5, 0.6) is 5.75 Å². The summed E-state index contributed by atoms with van der Waals surface area (Å²) in [6.45, 7) is 6.00. The number of nitrogens with zero attached hydrogens (tertiary/aromatic N) is 1. The predicted octanol–water partition coefficient (Wildman–Crippen LogP) is 2.43. The molecule has 0 aromatic heterocycles. The number of carbonyl (C=O) groups is 3. The zero-order valence-corrected chi connectivity index (χ0v) is 26.9. The molecular formula is C34H50N4O8. The van der Waals surface area contributed by atoms with Gasteiger partial charge in [-0.15, -0.1) is 0 Å². The van der Waals surface area contributed by atoms with Gasteiger partial charge in [-0.2, -0.15) is 0 Å². The van der Waals surface area contributed by atoms with Crippen molar-refractivity contribution in [2.24, 2.45) is 0 Å². The van der Waals surface area contributed by atoms with Crippen molar-refractivity contribution in [2.45, 2.75) is 89.4 Å². The number of rotatable bonds is 19. The Kier molecular flexibility index (Phi) is 15.9. The lowest BCUT2D eigenvalue weighted by Gasteiger charge is -2.42. The minimum absolute atomic E-state index is 0.0550. The summed E-state index contributed by atoms with van der Waals surface area (Å²) in [4.78, 5) is 39.0. The Bertz CT molecular complexity index is 1200. The van der Waals surface area contributed by atoms with Gasteiger partial charge in [0.15, 0.2) is 0 Å². The van der Waals surface area contributed by atoms with Crippen molar-refractivity contribution < 1.29 is 39.2 Å². The van der Waals surface area contributed by atoms with E-state index in [1.807, 2.05) is 18.2 Å². The van der Waals surface area contributed by atoms with Crippen LogP contribution in [-0.4, -0.2) is 101 Å². The number of nitrogens with one attached hydrogen (secondary N) is 3. The van der Waals surface area contributed by atoms with Crippen LogP contribution in [0.1, 0.15) is 69.2 Å². The fourth-order valence-corrected chi connectivity index (χ4v) is 5.26. The summed E-state index contributed by atoms with van der Waals surface area (Å²) < 4.78 is 11.4. The van der Waals surface area contributed by atoms with Gasteiger partial charge in [0.2, 0.25) is 18.1 Å². The normalized spacial score (nSPS) is 21.0. The van der Waals surface area contributed by atoms with Crippen molar-refractivity contribution in [3.63, 3.8) is 0 Å². The molecule has 0 bridgehead atoms. The number of hydrogen-bond acceptors (Lipinski definition) is 9. The topological polar surface area (TPSA) is 170 Å². The molecule has 0 saturated carbocycles. The van der Waals surface area contributed by atoms with E-state index in [-0.39, 0.29) is 11.8 Å². The molecule has 0 spiro atoms. The summed E-state index contributed by atoms with van der Waals surface area (Å²) >= 11 is 0. The van der Waals surface area contributed by atoms with Gasteiger partial charge in [-0.25, -0.2) is 0 Å². The molecule has 1 aliphatic rings. The van der Waals surface area contributed by atoms with Gasteiger partial charge in [-0.1, -0.05) is 44.4 Å². The molecule has 6 N–H and O–H groups in total. The predicted molar refractivity (Wildman–Crippen MR) is 174 cm³/mol. The van der Waals surface area contributed by atoms with E-state index >= 15 is 0 Å². The van der Waals surface area contributed by atoms with Crippen LogP contribution in [-0.2, 0) is 14.3 Å². The number of benzene rings is 2. The molecule has 2 aromatic rings. The number of ether oxygens (including phenoxy) is 2. The molecule has 12 nitrogen and oxygen atoms in total. The van der Waals surface area contributed by atoms with E-state index in [0.717, 1.165) is 51.6 Å². The quantitative estimate of drug-likeness (QED) is 0.126. The van der Waals surface area contributed by atoms with E-state index in [1.165, 1.54) is 6.92 Å². The highest BCUT2D eigenvalue weighted by molar-refractivity contribution is 5.94. The Labute approximate surface area is 271 Å². The smallest absolute Gasteiger partial charge is 0.251 e. The van der Waals surface area contributed by atoms with Gasteiger partial charge < -0.3 is 45.6 Å². The SMILES string of the molecule is CCCCCN(CCCCCNC(=O)c1ccccc1)CCC(=O)Nc1ccc(O[C@@H]2O[C@H](CO)[C@H](O)[C@H](O)[C@@H]2NC(C)=O)cc1. The van der Waals surface area contributed by atoms with E-state index in [9.17, 15) is 29.7 Å². The number of amides is 3. The second kappa shape index (κ2) is 19.9. The Balaban J connectivity index is 1.43. The van der Waals surface area contributed by atoms with Crippen molar-refractivity contribution in [1.29, 1.82) is 0 Å². The molecule has 1 saturated heterocycles. The van der Waals surface area contributed by atoms with Crippen LogP contribution >= 0.6 is 0 Å². The van der Waals surface area contributed by atoms with Gasteiger partial charge in [0.1, 0.15) is 30.1 Å². The first-order valence-electron chi connectivity index (χ1n) is 16.2. The molecule has 0 unspecified atom stereocenters. The Hall–Kier alpha value is -3.55. The fraction of sp³-hybridized carbons (Fsp3) is 0.559. The fourth-order valence-electron chi connectivity index (χ4n) is 5.26. The highest BCUT2D eigenvalue weighted by Gasteiger charge is 2.46. The molecule has 1 heterocycles.